The van der Waals surface area contributed by atoms with Gasteiger partial charge in [-0.1, -0.05) is 0 Å². The van der Waals surface area contributed by atoms with Crippen molar-refractivity contribution in [3.63, 3.8) is 0 Å². The van der Waals surface area contributed by atoms with Crippen molar-refractivity contribution in [3.8, 4) is 0 Å². The summed E-state index contributed by atoms with van der Waals surface area (Å²) in [6.07, 6.45) is 0. The van der Waals surface area contributed by atoms with Crippen LogP contribution in [0.15, 0.2) is 0 Å². The molecule has 0 atom stereocenters. The lowest BCUT2D eigenvalue weighted by Crippen LogP contribution is -2.63. The van der Waals surface area contributed by atoms with Crippen LogP contribution in [0.25, 0.3) is 0 Å². The Labute approximate surface area is 57.7 Å². The van der Waals surface area contributed by atoms with E-state index in [0.29, 0.717) is 0 Å². The highest BCUT2D eigenvalue weighted by Gasteiger charge is 2.22. The number of nitrogens with one attached hydrogen (secondary N) is 2. The van der Waals surface area contributed by atoms with Crippen LogP contribution in [-0.2, 0) is 0 Å². The summed E-state index contributed by atoms with van der Waals surface area (Å²) in [5.74, 6) is 0. The first-order chi connectivity index (χ1) is 4.61. The number of nitrogens with zero attached hydrogens (tertiary/aromatic N) is 2. The van der Waals surface area contributed by atoms with E-state index in [1.807, 2.05) is 0 Å². The van der Waals surface area contributed by atoms with E-state index in [1.54, 1.807) is 0 Å². The normalized spacial score (nSPS) is 18.6. The van der Waals surface area contributed by atoms with Gasteiger partial charge in [0.1, 0.15) is 0 Å². The van der Waals surface area contributed by atoms with Gasteiger partial charge < -0.3 is 0 Å². The van der Waals surface area contributed by atoms with E-state index >= 15 is 0 Å². The average molecular weight is 144 g/mol. The Hall–Kier alpha value is -1.46. The van der Waals surface area contributed by atoms with Gasteiger partial charge in [-0.2, -0.15) is 0 Å². The van der Waals surface area contributed by atoms with Crippen molar-refractivity contribution in [2.75, 3.05) is 14.1 Å². The highest BCUT2D eigenvalue weighted by molar-refractivity contribution is 5.85. The molecule has 56 valence electrons. The molecule has 0 saturated carbocycles. The standard InChI is InChI=1S/C4H8N4O2/c1-7-4(10)8(2)6-3(9)5-7/h1-2H3,(H2,5,6,9). The van der Waals surface area contributed by atoms with Crippen LogP contribution in [0.1, 0.15) is 0 Å². The molecule has 0 spiro atoms. The van der Waals surface area contributed by atoms with E-state index in [4.69, 9.17) is 0 Å². The molecule has 10 heavy (non-hydrogen) atoms. The van der Waals surface area contributed by atoms with E-state index in [9.17, 15) is 9.59 Å². The lowest BCUT2D eigenvalue weighted by molar-refractivity contribution is 0.111. The van der Waals surface area contributed by atoms with E-state index in [0.717, 1.165) is 10.0 Å². The van der Waals surface area contributed by atoms with Gasteiger partial charge in [0.15, 0.2) is 0 Å². The van der Waals surface area contributed by atoms with Crippen LogP contribution < -0.4 is 10.9 Å². The maximum Gasteiger partial charge on any atom is 0.356 e. The first-order valence-electron chi connectivity index (χ1n) is 2.70. The minimum absolute atomic E-state index is 0.306. The molecule has 0 unspecified atom stereocenters. The largest absolute Gasteiger partial charge is 0.356 e. The molecule has 1 heterocycles. The van der Waals surface area contributed by atoms with Crippen molar-refractivity contribution in [1.82, 2.24) is 20.9 Å². The lowest BCUT2D eigenvalue weighted by Gasteiger charge is -2.30. The van der Waals surface area contributed by atoms with E-state index in [-0.39, 0.29) is 6.03 Å². The summed E-state index contributed by atoms with van der Waals surface area (Å²) in [5, 5.41) is 2.19. The fourth-order valence-electron chi connectivity index (χ4n) is 0.650. The number of carbonyl (C=O) groups is 2. The molecule has 0 aromatic rings. The van der Waals surface area contributed by atoms with Crippen LogP contribution in [0.3, 0.4) is 0 Å². The van der Waals surface area contributed by atoms with E-state index in [1.165, 1.54) is 14.1 Å². The SMILES string of the molecule is CN1NC(=O)NN(C)C1=O. The van der Waals surface area contributed by atoms with Crippen LogP contribution >= 0.6 is 0 Å². The molecule has 6 nitrogen and oxygen atoms in total. The van der Waals surface area contributed by atoms with Crippen LogP contribution in [0.4, 0.5) is 9.59 Å². The Morgan fingerprint density at radius 3 is 1.90 bits per heavy atom. The van der Waals surface area contributed by atoms with Crippen molar-refractivity contribution in [3.05, 3.63) is 0 Å². The quantitative estimate of drug-likeness (QED) is 0.463. The fraction of sp³-hybridized carbons (Fsp3) is 0.500. The summed E-state index contributed by atoms with van der Waals surface area (Å²) in [5.41, 5.74) is 4.50. The third kappa shape index (κ3) is 0.949. The molecule has 0 aromatic heterocycles. The molecular weight excluding hydrogens is 136 g/mol. The topological polar surface area (TPSA) is 64.7 Å². The van der Waals surface area contributed by atoms with Crippen molar-refractivity contribution in [1.29, 1.82) is 0 Å². The van der Waals surface area contributed by atoms with Gasteiger partial charge in [-0.15, -0.1) is 0 Å². The highest BCUT2D eigenvalue weighted by atomic mass is 16.2. The maximum atomic E-state index is 10.8. The molecule has 2 N–H and O–H groups in total. The molecule has 1 fully saturated rings. The number of carbonyl (C=O) groups excluding carboxylic acids is 2. The Balaban J connectivity index is 2.66. The summed E-state index contributed by atoms with van der Waals surface area (Å²) in [4.78, 5) is 21.4. The number of amides is 4. The predicted molar refractivity (Wildman–Crippen MR) is 32.6 cm³/mol. The van der Waals surface area contributed by atoms with E-state index < -0.39 is 6.03 Å². The first kappa shape index (κ1) is 6.66. The van der Waals surface area contributed by atoms with Gasteiger partial charge in [0.25, 0.3) is 0 Å². The number of hydrazine groups is 2. The molecule has 1 rings (SSSR count). The van der Waals surface area contributed by atoms with Gasteiger partial charge in [0.2, 0.25) is 0 Å². The van der Waals surface area contributed by atoms with Crippen molar-refractivity contribution >= 4 is 12.1 Å². The van der Waals surface area contributed by atoms with Crippen LogP contribution in [0, 0.1) is 0 Å². The minimum Gasteiger partial charge on any atom is -0.245 e. The van der Waals surface area contributed by atoms with E-state index in [2.05, 4.69) is 10.9 Å². The third-order valence-corrected chi connectivity index (χ3v) is 1.11. The first-order valence-corrected chi connectivity index (χ1v) is 2.70. The van der Waals surface area contributed by atoms with Gasteiger partial charge in [-0.05, 0) is 0 Å². The zero-order chi connectivity index (χ0) is 7.72. The summed E-state index contributed by atoms with van der Waals surface area (Å²) in [6, 6.07) is -0.718. The average Bonchev–Trinajstić information content (AvgIpc) is 1.82. The second-order valence-corrected chi connectivity index (χ2v) is 1.95. The zero-order valence-corrected chi connectivity index (χ0v) is 5.71. The molecular formula is C4H8N4O2. The molecule has 0 bridgehead atoms. The van der Waals surface area contributed by atoms with Crippen molar-refractivity contribution in [2.24, 2.45) is 0 Å². The van der Waals surface area contributed by atoms with Gasteiger partial charge in [-0.25, -0.2) is 30.5 Å². The monoisotopic (exact) mass is 144 g/mol. The molecule has 1 aliphatic rings. The summed E-state index contributed by atoms with van der Waals surface area (Å²) < 4.78 is 0. The Morgan fingerprint density at radius 1 is 1.10 bits per heavy atom. The van der Waals surface area contributed by atoms with Gasteiger partial charge >= 0.3 is 12.1 Å². The predicted octanol–water partition coefficient (Wildman–Crippen LogP) is -0.887. The van der Waals surface area contributed by atoms with Gasteiger partial charge in [0, 0.05) is 14.1 Å². The number of hydrogen-bond acceptors (Lipinski definition) is 2. The molecule has 4 amide bonds. The molecule has 0 aromatic carbocycles. The number of rotatable bonds is 0. The summed E-state index contributed by atoms with van der Waals surface area (Å²) >= 11 is 0. The summed E-state index contributed by atoms with van der Waals surface area (Å²) in [6.45, 7) is 0. The molecule has 1 aliphatic heterocycles. The Bertz CT molecular complexity index is 164. The molecule has 1 saturated heterocycles. The second-order valence-electron chi connectivity index (χ2n) is 1.95. The third-order valence-electron chi connectivity index (χ3n) is 1.11. The number of urea groups is 2. The van der Waals surface area contributed by atoms with Crippen LogP contribution in [0.2, 0.25) is 0 Å². The van der Waals surface area contributed by atoms with Crippen LogP contribution in [-0.4, -0.2) is 36.2 Å². The lowest BCUT2D eigenvalue weighted by atomic mass is 10.8. The van der Waals surface area contributed by atoms with Gasteiger partial charge in [0.05, 0.1) is 0 Å². The highest BCUT2D eigenvalue weighted by Crippen LogP contribution is 1.91. The zero-order valence-electron chi connectivity index (χ0n) is 5.71. The fourth-order valence-corrected chi connectivity index (χ4v) is 0.650. The second kappa shape index (κ2) is 2.05. The van der Waals surface area contributed by atoms with Crippen LogP contribution in [0.5, 0.6) is 0 Å². The Kier molecular flexibility index (Phi) is 1.37. The van der Waals surface area contributed by atoms with Crippen molar-refractivity contribution in [2.45, 2.75) is 0 Å². The summed E-state index contributed by atoms with van der Waals surface area (Å²) in [7, 11) is 2.94. The minimum atomic E-state index is -0.412. The Morgan fingerprint density at radius 2 is 1.50 bits per heavy atom. The molecule has 0 aliphatic carbocycles. The smallest absolute Gasteiger partial charge is 0.245 e. The van der Waals surface area contributed by atoms with Gasteiger partial charge in [-0.3, -0.25) is 0 Å². The molecule has 6 heteroatoms. The van der Waals surface area contributed by atoms with Crippen molar-refractivity contribution < 1.29 is 9.59 Å². The number of hydrogen-bond donors (Lipinski definition) is 2. The molecule has 0 radical (unpaired) electrons. The maximum absolute atomic E-state index is 10.8.